The summed E-state index contributed by atoms with van der Waals surface area (Å²) < 4.78 is 10.9. The number of benzene rings is 1. The minimum absolute atomic E-state index is 0.228. The van der Waals surface area contributed by atoms with Gasteiger partial charge < -0.3 is 14.5 Å². The quantitative estimate of drug-likeness (QED) is 0.533. The summed E-state index contributed by atoms with van der Waals surface area (Å²) in [5.41, 5.74) is 4.38. The van der Waals surface area contributed by atoms with Crippen LogP contribution < -0.4 is 0 Å². The van der Waals surface area contributed by atoms with E-state index in [2.05, 4.69) is 9.97 Å². The summed E-state index contributed by atoms with van der Waals surface area (Å²) in [5.74, 6) is -1.54. The number of aryl methyl sites for hydroxylation is 1. The molecular formula is C19H18N2O5S. The number of fused-ring (bicyclic) bond motifs is 1. The molecule has 140 valence electrons. The molecule has 1 atom stereocenters. The molecule has 0 aliphatic rings. The van der Waals surface area contributed by atoms with E-state index < -0.39 is 23.8 Å². The fourth-order valence-corrected chi connectivity index (χ4v) is 3.59. The lowest BCUT2D eigenvalue weighted by Gasteiger charge is -2.12. The first-order valence-electron chi connectivity index (χ1n) is 8.19. The molecular weight excluding hydrogens is 368 g/mol. The summed E-state index contributed by atoms with van der Waals surface area (Å²) in [4.78, 5) is 44.0. The highest BCUT2D eigenvalue weighted by atomic mass is 32.1. The number of methoxy groups -OCH3 is 1. The fraction of sp³-hybridized carbons (Fsp3) is 0.263. The molecule has 3 rings (SSSR count). The molecule has 0 saturated heterocycles. The summed E-state index contributed by atoms with van der Waals surface area (Å²) >= 11 is 1.42. The lowest BCUT2D eigenvalue weighted by molar-refractivity contribution is 0.0317. The van der Waals surface area contributed by atoms with Crippen molar-refractivity contribution in [3.05, 3.63) is 51.8 Å². The van der Waals surface area contributed by atoms with Gasteiger partial charge in [0.1, 0.15) is 0 Å². The van der Waals surface area contributed by atoms with Gasteiger partial charge in [0, 0.05) is 5.69 Å². The van der Waals surface area contributed by atoms with E-state index in [4.69, 9.17) is 9.47 Å². The first kappa shape index (κ1) is 18.8. The maximum Gasteiger partial charge on any atom is 0.339 e. The van der Waals surface area contributed by atoms with E-state index in [1.54, 1.807) is 37.6 Å². The van der Waals surface area contributed by atoms with Crippen LogP contribution in [0.2, 0.25) is 0 Å². The number of ether oxygens (including phenoxy) is 2. The van der Waals surface area contributed by atoms with Crippen LogP contribution in [0, 0.1) is 13.8 Å². The zero-order valence-electron chi connectivity index (χ0n) is 15.3. The number of esters is 2. The Morgan fingerprint density at radius 2 is 1.93 bits per heavy atom. The molecule has 0 aliphatic heterocycles. The van der Waals surface area contributed by atoms with Crippen LogP contribution in [0.1, 0.15) is 49.4 Å². The molecule has 0 bridgehead atoms. The number of carbonyl (C=O) groups excluding carboxylic acids is 3. The number of aromatic amines is 1. The highest BCUT2D eigenvalue weighted by Gasteiger charge is 2.27. The highest BCUT2D eigenvalue weighted by Crippen LogP contribution is 2.22. The Bertz CT molecular complexity index is 1050. The van der Waals surface area contributed by atoms with E-state index in [1.807, 2.05) is 0 Å². The van der Waals surface area contributed by atoms with Crippen LogP contribution in [0.4, 0.5) is 0 Å². The van der Waals surface area contributed by atoms with Crippen molar-refractivity contribution in [2.75, 3.05) is 7.11 Å². The van der Waals surface area contributed by atoms with Gasteiger partial charge in [-0.25, -0.2) is 14.6 Å². The minimum Gasteiger partial charge on any atom is -0.465 e. The first-order chi connectivity index (χ1) is 12.8. The predicted molar refractivity (Wildman–Crippen MR) is 100 cm³/mol. The second-order valence-electron chi connectivity index (χ2n) is 6.06. The third-order valence-corrected chi connectivity index (χ3v) is 5.09. The number of H-pyrrole nitrogens is 1. The van der Waals surface area contributed by atoms with Gasteiger partial charge in [-0.1, -0.05) is 0 Å². The van der Waals surface area contributed by atoms with E-state index in [-0.39, 0.29) is 5.69 Å². The van der Waals surface area contributed by atoms with E-state index in [0.29, 0.717) is 22.4 Å². The van der Waals surface area contributed by atoms with Crippen LogP contribution >= 0.6 is 11.3 Å². The summed E-state index contributed by atoms with van der Waals surface area (Å²) in [6, 6.07) is 5.03. The van der Waals surface area contributed by atoms with Gasteiger partial charge >= 0.3 is 11.9 Å². The van der Waals surface area contributed by atoms with Crippen LogP contribution in [0.15, 0.2) is 23.7 Å². The van der Waals surface area contributed by atoms with Gasteiger partial charge in [-0.05, 0) is 44.5 Å². The molecule has 3 aromatic rings. The van der Waals surface area contributed by atoms with E-state index >= 15 is 0 Å². The predicted octanol–water partition coefficient (Wildman–Crippen LogP) is 3.46. The molecule has 0 saturated carbocycles. The SMILES string of the molecule is COC(=O)c1c(C)[nH]c(C(=O)C(C)OC(=O)c2ccc3ncsc3c2)c1C. The monoisotopic (exact) mass is 386 g/mol. The van der Waals surface area contributed by atoms with E-state index in [1.165, 1.54) is 25.4 Å². The van der Waals surface area contributed by atoms with E-state index in [9.17, 15) is 14.4 Å². The van der Waals surface area contributed by atoms with Gasteiger partial charge in [0.25, 0.3) is 0 Å². The maximum absolute atomic E-state index is 12.7. The molecule has 1 unspecified atom stereocenters. The zero-order chi connectivity index (χ0) is 19.7. The maximum atomic E-state index is 12.7. The van der Waals surface area contributed by atoms with Gasteiger partial charge in [0.05, 0.1) is 39.7 Å². The number of thiazole rings is 1. The molecule has 0 aliphatic carbocycles. The van der Waals surface area contributed by atoms with Crippen molar-refractivity contribution in [3.63, 3.8) is 0 Å². The van der Waals surface area contributed by atoms with Crippen molar-refractivity contribution in [2.24, 2.45) is 0 Å². The van der Waals surface area contributed by atoms with Crippen LogP contribution in [-0.4, -0.2) is 40.9 Å². The number of nitrogens with zero attached hydrogens (tertiary/aromatic N) is 1. The normalized spacial score (nSPS) is 12.0. The number of Topliss-reactive ketones (excluding diaryl/α,β-unsaturated/α-hetero) is 1. The first-order valence-corrected chi connectivity index (χ1v) is 9.07. The minimum atomic E-state index is -1.02. The van der Waals surface area contributed by atoms with Crippen LogP contribution in [0.5, 0.6) is 0 Å². The average Bonchev–Trinajstić information content (AvgIpc) is 3.23. The fourth-order valence-electron chi connectivity index (χ4n) is 2.87. The number of nitrogens with one attached hydrogen (secondary N) is 1. The Labute approximate surface area is 159 Å². The van der Waals surface area contributed by atoms with Gasteiger partial charge in [-0.2, -0.15) is 0 Å². The van der Waals surface area contributed by atoms with Crippen LogP contribution in [0.25, 0.3) is 10.2 Å². The van der Waals surface area contributed by atoms with Gasteiger partial charge in [0.15, 0.2) is 6.10 Å². The lowest BCUT2D eigenvalue weighted by Crippen LogP contribution is -2.25. The van der Waals surface area contributed by atoms with Crippen molar-refractivity contribution in [1.82, 2.24) is 9.97 Å². The van der Waals surface area contributed by atoms with Gasteiger partial charge in [0.2, 0.25) is 5.78 Å². The number of hydrogen-bond acceptors (Lipinski definition) is 7. The third-order valence-electron chi connectivity index (χ3n) is 4.29. The van der Waals surface area contributed by atoms with Crippen molar-refractivity contribution in [2.45, 2.75) is 26.9 Å². The topological polar surface area (TPSA) is 98.4 Å². The van der Waals surface area contributed by atoms with E-state index in [0.717, 1.165) is 10.2 Å². The molecule has 7 nitrogen and oxygen atoms in total. The smallest absolute Gasteiger partial charge is 0.339 e. The number of ketones is 1. The Morgan fingerprint density at radius 3 is 2.63 bits per heavy atom. The molecule has 0 radical (unpaired) electrons. The molecule has 2 aromatic heterocycles. The molecule has 2 heterocycles. The number of carbonyl (C=O) groups is 3. The zero-order valence-corrected chi connectivity index (χ0v) is 16.1. The number of aromatic nitrogens is 2. The van der Waals surface area contributed by atoms with Crippen molar-refractivity contribution in [3.8, 4) is 0 Å². The summed E-state index contributed by atoms with van der Waals surface area (Å²) in [6.45, 7) is 4.82. The number of rotatable bonds is 5. The van der Waals surface area contributed by atoms with Gasteiger partial charge in [-0.15, -0.1) is 11.3 Å². The largest absolute Gasteiger partial charge is 0.465 e. The Balaban J connectivity index is 1.79. The van der Waals surface area contributed by atoms with Crippen molar-refractivity contribution < 1.29 is 23.9 Å². The Hall–Kier alpha value is -3.00. The summed E-state index contributed by atoms with van der Waals surface area (Å²) in [6.07, 6.45) is -1.02. The average molecular weight is 386 g/mol. The molecule has 1 aromatic carbocycles. The van der Waals surface area contributed by atoms with Crippen molar-refractivity contribution in [1.29, 1.82) is 0 Å². The summed E-state index contributed by atoms with van der Waals surface area (Å²) in [7, 11) is 1.28. The molecule has 0 amide bonds. The molecule has 0 fully saturated rings. The summed E-state index contributed by atoms with van der Waals surface area (Å²) in [5, 5.41) is 0. The van der Waals surface area contributed by atoms with Gasteiger partial charge in [-0.3, -0.25) is 4.79 Å². The standard InChI is InChI=1S/C19H18N2O5S/c1-9-15(19(24)25-4)10(2)21-16(9)17(22)11(3)26-18(23)12-5-6-13-14(7-12)27-8-20-13/h5-8,11,21H,1-4H3. The lowest BCUT2D eigenvalue weighted by atomic mass is 10.1. The Morgan fingerprint density at radius 1 is 1.19 bits per heavy atom. The second-order valence-corrected chi connectivity index (χ2v) is 6.95. The van der Waals surface area contributed by atoms with Crippen LogP contribution in [0.3, 0.4) is 0 Å². The molecule has 27 heavy (non-hydrogen) atoms. The second kappa shape index (κ2) is 7.32. The molecule has 8 heteroatoms. The van der Waals surface area contributed by atoms with Crippen molar-refractivity contribution >= 4 is 39.3 Å². The highest BCUT2D eigenvalue weighted by molar-refractivity contribution is 7.16. The third kappa shape index (κ3) is 3.48. The number of hydrogen-bond donors (Lipinski definition) is 1. The Kier molecular flexibility index (Phi) is 5.09. The molecule has 1 N–H and O–H groups in total. The molecule has 0 spiro atoms. The van der Waals surface area contributed by atoms with Crippen LogP contribution in [-0.2, 0) is 9.47 Å².